The van der Waals surface area contributed by atoms with E-state index in [4.69, 9.17) is 18.9 Å². The molecule has 7 nitrogen and oxygen atoms in total. The van der Waals surface area contributed by atoms with Gasteiger partial charge in [0.1, 0.15) is 17.6 Å². The summed E-state index contributed by atoms with van der Waals surface area (Å²) in [4.78, 5) is 36.4. The zero-order valence-corrected chi connectivity index (χ0v) is 23.9. The second-order valence-electron chi connectivity index (χ2n) is 10.8. The molecule has 2 aromatic carbocycles. The minimum atomic E-state index is -0.491. The molecule has 216 valence electrons. The number of unbranched alkanes of at least 4 members (excludes halogenated alkanes) is 3. The van der Waals surface area contributed by atoms with E-state index in [2.05, 4.69) is 27.4 Å². The number of hydrogen-bond acceptors (Lipinski definition) is 7. The van der Waals surface area contributed by atoms with Gasteiger partial charge in [-0.1, -0.05) is 33.8 Å². The lowest BCUT2D eigenvalue weighted by Gasteiger charge is -2.36. The Kier molecular flexibility index (Phi) is 12.3. The molecule has 0 N–H and O–H groups in total. The monoisotopic (exact) mass is 550 g/mol. The molecule has 3 atom stereocenters. The average molecular weight is 551 g/mol. The van der Waals surface area contributed by atoms with E-state index in [0.29, 0.717) is 53.6 Å². The molecule has 2 aromatic rings. The fraction of sp³-hybridized carbons (Fsp3) is 0.485. The first-order valence-electron chi connectivity index (χ1n) is 14.3. The lowest BCUT2D eigenvalue weighted by Crippen LogP contribution is -2.35. The number of hydrogen-bond donors (Lipinski definition) is 0. The molecule has 0 unspecified atom stereocenters. The quantitative estimate of drug-likeness (QED) is 0.106. The Morgan fingerprint density at radius 2 is 1.45 bits per heavy atom. The number of rotatable bonds is 14. The lowest BCUT2D eigenvalue weighted by atomic mass is 9.75. The van der Waals surface area contributed by atoms with Gasteiger partial charge in [0.05, 0.1) is 24.3 Å². The Labute approximate surface area is 237 Å². The van der Waals surface area contributed by atoms with Crippen LogP contribution in [0.15, 0.2) is 61.2 Å². The van der Waals surface area contributed by atoms with E-state index < -0.39 is 11.9 Å². The topological polar surface area (TPSA) is 88.1 Å². The minimum absolute atomic E-state index is 0.0682. The van der Waals surface area contributed by atoms with Crippen LogP contribution in [0.25, 0.3) is 0 Å². The van der Waals surface area contributed by atoms with Crippen LogP contribution in [0, 0.1) is 17.8 Å². The highest BCUT2D eigenvalue weighted by atomic mass is 16.5. The molecular weight excluding hydrogens is 508 g/mol. The van der Waals surface area contributed by atoms with Gasteiger partial charge in [0.25, 0.3) is 0 Å². The summed E-state index contributed by atoms with van der Waals surface area (Å²) in [6.07, 6.45) is 7.83. The molecule has 0 aromatic heterocycles. The van der Waals surface area contributed by atoms with Crippen LogP contribution >= 0.6 is 0 Å². The third kappa shape index (κ3) is 9.85. The molecule has 40 heavy (non-hydrogen) atoms. The molecule has 0 aliphatic heterocycles. The molecule has 7 heteroatoms. The molecule has 0 spiro atoms. The van der Waals surface area contributed by atoms with E-state index in [0.717, 1.165) is 44.6 Å². The zero-order valence-electron chi connectivity index (χ0n) is 23.9. The largest absolute Gasteiger partial charge is 0.494 e. The van der Waals surface area contributed by atoms with Crippen LogP contribution in [0.2, 0.25) is 0 Å². The van der Waals surface area contributed by atoms with Crippen LogP contribution in [0.1, 0.15) is 86.4 Å². The number of esters is 3. The summed E-state index contributed by atoms with van der Waals surface area (Å²) in [6, 6.07) is 13.3. The number of benzene rings is 2. The van der Waals surface area contributed by atoms with E-state index in [1.807, 2.05) is 0 Å². The van der Waals surface area contributed by atoms with Crippen LogP contribution in [-0.2, 0) is 14.3 Å². The summed E-state index contributed by atoms with van der Waals surface area (Å²) in [5.41, 5.74) is 0.842. The molecule has 0 saturated heterocycles. The van der Waals surface area contributed by atoms with Crippen molar-refractivity contribution < 1.29 is 33.3 Å². The molecule has 0 radical (unpaired) electrons. The molecular formula is C33H42O7. The van der Waals surface area contributed by atoms with Gasteiger partial charge in [-0.25, -0.2) is 14.4 Å². The standard InChI is InChI=1S/C33H42O7/c1-5-31(34)38-21-9-7-6-8-20-37-27-15-11-25(12-16-27)32(35)39-28-17-13-26(14-18-28)33(36)40-30-22-24(4)10-19-29(30)23(2)3/h5,11-18,23-24,29-30H,1,6-10,19-22H2,2-4H3/t24-,29+,30-/m0/s1. The highest BCUT2D eigenvalue weighted by Crippen LogP contribution is 2.35. The van der Waals surface area contributed by atoms with Crippen molar-refractivity contribution in [2.75, 3.05) is 13.2 Å². The maximum Gasteiger partial charge on any atom is 0.343 e. The molecule has 0 heterocycles. The van der Waals surface area contributed by atoms with Crippen molar-refractivity contribution >= 4 is 17.9 Å². The molecule has 1 aliphatic rings. The van der Waals surface area contributed by atoms with Crippen molar-refractivity contribution in [3.8, 4) is 11.5 Å². The molecule has 3 rings (SSSR count). The fourth-order valence-electron chi connectivity index (χ4n) is 4.95. The van der Waals surface area contributed by atoms with Crippen LogP contribution < -0.4 is 9.47 Å². The molecule has 1 fully saturated rings. The van der Waals surface area contributed by atoms with E-state index in [9.17, 15) is 14.4 Å². The van der Waals surface area contributed by atoms with Crippen LogP contribution in [0.5, 0.6) is 11.5 Å². The van der Waals surface area contributed by atoms with Gasteiger partial charge in [0.2, 0.25) is 0 Å². The Hall–Kier alpha value is -3.61. The molecule has 0 amide bonds. The van der Waals surface area contributed by atoms with Crippen molar-refractivity contribution in [2.45, 2.75) is 71.8 Å². The van der Waals surface area contributed by atoms with Gasteiger partial charge < -0.3 is 18.9 Å². The van der Waals surface area contributed by atoms with Crippen molar-refractivity contribution in [3.63, 3.8) is 0 Å². The van der Waals surface area contributed by atoms with Gasteiger partial charge in [-0.3, -0.25) is 0 Å². The van der Waals surface area contributed by atoms with Crippen LogP contribution in [0.4, 0.5) is 0 Å². The van der Waals surface area contributed by atoms with Crippen LogP contribution in [0.3, 0.4) is 0 Å². The summed E-state index contributed by atoms with van der Waals surface area (Å²) in [5, 5.41) is 0. The van der Waals surface area contributed by atoms with E-state index in [1.54, 1.807) is 48.5 Å². The summed E-state index contributed by atoms with van der Waals surface area (Å²) in [7, 11) is 0. The van der Waals surface area contributed by atoms with E-state index >= 15 is 0 Å². The van der Waals surface area contributed by atoms with Crippen molar-refractivity contribution in [1.82, 2.24) is 0 Å². The van der Waals surface area contributed by atoms with E-state index in [1.165, 1.54) is 6.42 Å². The summed E-state index contributed by atoms with van der Waals surface area (Å²) < 4.78 is 22.1. The number of carbonyl (C=O) groups excluding carboxylic acids is 3. The predicted molar refractivity (Wildman–Crippen MR) is 154 cm³/mol. The van der Waals surface area contributed by atoms with Crippen molar-refractivity contribution in [1.29, 1.82) is 0 Å². The second kappa shape index (κ2) is 15.8. The Bertz CT molecular complexity index is 1100. The molecule has 1 aliphatic carbocycles. The Morgan fingerprint density at radius 3 is 2.08 bits per heavy atom. The van der Waals surface area contributed by atoms with E-state index in [-0.39, 0.29) is 12.1 Å². The highest BCUT2D eigenvalue weighted by Gasteiger charge is 2.33. The first kappa shape index (κ1) is 30.9. The predicted octanol–water partition coefficient (Wildman–Crippen LogP) is 7.19. The second-order valence-corrected chi connectivity index (χ2v) is 10.8. The Morgan fingerprint density at radius 1 is 0.850 bits per heavy atom. The summed E-state index contributed by atoms with van der Waals surface area (Å²) in [5.74, 6) is 1.19. The third-order valence-corrected chi connectivity index (χ3v) is 7.33. The molecule has 0 bridgehead atoms. The van der Waals surface area contributed by atoms with Crippen LogP contribution in [-0.4, -0.2) is 37.2 Å². The maximum atomic E-state index is 12.8. The van der Waals surface area contributed by atoms with Gasteiger partial charge in [-0.15, -0.1) is 0 Å². The lowest BCUT2D eigenvalue weighted by molar-refractivity contribution is -0.137. The summed E-state index contributed by atoms with van der Waals surface area (Å²) in [6.45, 7) is 10.9. The van der Waals surface area contributed by atoms with Crippen molar-refractivity contribution in [3.05, 3.63) is 72.3 Å². The minimum Gasteiger partial charge on any atom is -0.494 e. The van der Waals surface area contributed by atoms with Gasteiger partial charge in [0.15, 0.2) is 0 Å². The smallest absolute Gasteiger partial charge is 0.343 e. The maximum absolute atomic E-state index is 12.8. The fourth-order valence-corrected chi connectivity index (χ4v) is 4.95. The molecule has 1 saturated carbocycles. The van der Waals surface area contributed by atoms with Crippen molar-refractivity contribution in [2.24, 2.45) is 17.8 Å². The highest BCUT2D eigenvalue weighted by molar-refractivity contribution is 5.92. The first-order chi connectivity index (χ1) is 19.3. The van der Waals surface area contributed by atoms with Gasteiger partial charge in [-0.05, 0) is 105 Å². The third-order valence-electron chi connectivity index (χ3n) is 7.33. The van der Waals surface area contributed by atoms with Gasteiger partial charge >= 0.3 is 17.9 Å². The SMILES string of the molecule is C=CC(=O)OCCCCCCOc1ccc(C(=O)Oc2ccc(C(=O)O[C@H]3C[C@@H](C)CC[C@@H]3C(C)C)cc2)cc1. The number of ether oxygens (including phenoxy) is 4. The number of carbonyl (C=O) groups is 3. The van der Waals surface area contributed by atoms with Gasteiger partial charge in [-0.2, -0.15) is 0 Å². The zero-order chi connectivity index (χ0) is 28.9. The average Bonchev–Trinajstić information content (AvgIpc) is 2.94. The summed E-state index contributed by atoms with van der Waals surface area (Å²) >= 11 is 0. The Balaban J connectivity index is 1.40. The first-order valence-corrected chi connectivity index (χ1v) is 14.3. The van der Waals surface area contributed by atoms with Gasteiger partial charge in [0, 0.05) is 6.08 Å². The normalized spacial score (nSPS) is 18.6.